The summed E-state index contributed by atoms with van der Waals surface area (Å²) in [5.41, 5.74) is 3.58. The third-order valence-corrected chi connectivity index (χ3v) is 5.67. The summed E-state index contributed by atoms with van der Waals surface area (Å²) in [6, 6.07) is 17.3. The number of ether oxygens (including phenoxy) is 2. The summed E-state index contributed by atoms with van der Waals surface area (Å²) in [5, 5.41) is 8.79. The zero-order chi connectivity index (χ0) is 23.4. The molecule has 170 valence electrons. The van der Waals surface area contributed by atoms with Crippen molar-refractivity contribution in [1.82, 2.24) is 0 Å². The Morgan fingerprint density at radius 1 is 1.03 bits per heavy atom. The van der Waals surface area contributed by atoms with Gasteiger partial charge in [-0.3, -0.25) is 9.59 Å². The van der Waals surface area contributed by atoms with E-state index < -0.39 is 11.8 Å². The van der Waals surface area contributed by atoms with Gasteiger partial charge < -0.3 is 19.5 Å². The quantitative estimate of drug-likeness (QED) is 0.543. The van der Waals surface area contributed by atoms with Crippen LogP contribution in [0.2, 0.25) is 0 Å². The second-order valence-electron chi connectivity index (χ2n) is 7.80. The van der Waals surface area contributed by atoms with Gasteiger partial charge in [0.15, 0.2) is 0 Å². The fraction of sp³-hybridized carbons (Fsp3) is 0.231. The van der Waals surface area contributed by atoms with Gasteiger partial charge in [0.2, 0.25) is 0 Å². The molecule has 1 N–H and O–H groups in total. The number of carboxylic acids is 1. The number of methoxy groups -OCH3 is 1. The molecule has 1 aliphatic rings. The summed E-state index contributed by atoms with van der Waals surface area (Å²) in [5.74, 6) is -0.630. The molecule has 0 fully saturated rings. The van der Waals surface area contributed by atoms with E-state index in [4.69, 9.17) is 14.6 Å². The average Bonchev–Trinajstić information content (AvgIpc) is 3.26. The maximum atomic E-state index is 14.3. The lowest BCUT2D eigenvalue weighted by molar-refractivity contribution is -0.136. The van der Waals surface area contributed by atoms with E-state index in [2.05, 4.69) is 0 Å². The van der Waals surface area contributed by atoms with Crippen molar-refractivity contribution in [2.45, 2.75) is 25.9 Å². The van der Waals surface area contributed by atoms with Crippen molar-refractivity contribution in [3.63, 3.8) is 0 Å². The molecule has 0 saturated carbocycles. The summed E-state index contributed by atoms with van der Waals surface area (Å²) in [6.45, 7) is 0.730. The van der Waals surface area contributed by atoms with Gasteiger partial charge in [-0.2, -0.15) is 0 Å². The number of nitrogens with zero attached hydrogens (tertiary/aromatic N) is 1. The first-order chi connectivity index (χ1) is 16.0. The van der Waals surface area contributed by atoms with Crippen LogP contribution in [0.15, 0.2) is 60.7 Å². The van der Waals surface area contributed by atoms with Crippen molar-refractivity contribution in [2.75, 3.05) is 18.6 Å². The van der Waals surface area contributed by atoms with Crippen LogP contribution < -0.4 is 14.4 Å². The van der Waals surface area contributed by atoms with Crippen LogP contribution in [0.5, 0.6) is 11.5 Å². The van der Waals surface area contributed by atoms with Crippen LogP contribution in [0.25, 0.3) is 0 Å². The van der Waals surface area contributed by atoms with E-state index >= 15 is 0 Å². The summed E-state index contributed by atoms with van der Waals surface area (Å²) in [4.78, 5) is 25.7. The Morgan fingerprint density at radius 2 is 1.85 bits per heavy atom. The predicted octanol–water partition coefficient (Wildman–Crippen LogP) is 4.63. The van der Waals surface area contributed by atoms with Crippen molar-refractivity contribution >= 4 is 17.6 Å². The Bertz CT molecular complexity index is 1190. The number of carbonyl (C=O) groups excluding carboxylic acids is 1. The average molecular weight is 449 g/mol. The Morgan fingerprint density at radius 3 is 2.61 bits per heavy atom. The van der Waals surface area contributed by atoms with Gasteiger partial charge in [-0.25, -0.2) is 4.39 Å². The number of hydrogen-bond donors (Lipinski definition) is 1. The molecule has 3 aromatic carbocycles. The maximum absolute atomic E-state index is 14.3. The largest absolute Gasteiger partial charge is 0.497 e. The first kappa shape index (κ1) is 22.3. The highest BCUT2D eigenvalue weighted by atomic mass is 19.1. The second kappa shape index (κ2) is 9.73. The normalized spacial score (nSPS) is 12.4. The van der Waals surface area contributed by atoms with Crippen molar-refractivity contribution in [3.8, 4) is 11.5 Å². The summed E-state index contributed by atoms with van der Waals surface area (Å²) < 4.78 is 25.4. The topological polar surface area (TPSA) is 76.1 Å². The van der Waals surface area contributed by atoms with E-state index in [0.29, 0.717) is 29.2 Å². The number of aryl methyl sites for hydroxylation is 1. The zero-order valence-corrected chi connectivity index (χ0v) is 18.2. The number of fused-ring (bicyclic) bond motifs is 1. The molecule has 0 aliphatic carbocycles. The van der Waals surface area contributed by atoms with E-state index in [1.165, 1.54) is 6.07 Å². The Hall–Kier alpha value is -3.87. The van der Waals surface area contributed by atoms with Gasteiger partial charge in [0, 0.05) is 30.2 Å². The van der Waals surface area contributed by atoms with Crippen molar-refractivity contribution in [2.24, 2.45) is 0 Å². The van der Waals surface area contributed by atoms with Gasteiger partial charge in [-0.1, -0.05) is 30.3 Å². The minimum atomic E-state index is -0.972. The van der Waals surface area contributed by atoms with E-state index in [9.17, 15) is 14.0 Å². The first-order valence-corrected chi connectivity index (χ1v) is 10.7. The van der Waals surface area contributed by atoms with E-state index in [-0.39, 0.29) is 25.4 Å². The summed E-state index contributed by atoms with van der Waals surface area (Å²) in [6.07, 6.45) is 0.727. The minimum absolute atomic E-state index is 0.117. The van der Waals surface area contributed by atoms with Crippen LogP contribution >= 0.6 is 0 Å². The van der Waals surface area contributed by atoms with Gasteiger partial charge >= 0.3 is 5.97 Å². The second-order valence-corrected chi connectivity index (χ2v) is 7.80. The Kier molecular flexibility index (Phi) is 6.58. The SMILES string of the molecule is COc1cccc(C(=O)N2CCc3cccc(COc4ccc(CCC(=O)O)c(F)c4)c32)c1. The number of aliphatic carboxylic acids is 1. The van der Waals surface area contributed by atoms with Gasteiger partial charge in [0.05, 0.1) is 12.8 Å². The molecule has 0 spiro atoms. The number of halogens is 1. The van der Waals surface area contributed by atoms with Crippen LogP contribution in [0, 0.1) is 5.82 Å². The van der Waals surface area contributed by atoms with Gasteiger partial charge in [0.25, 0.3) is 5.91 Å². The standard InChI is InChI=1S/C26H24FNO5/c1-32-21-7-3-5-19(14-21)26(31)28-13-12-18-4-2-6-20(25(18)28)16-33-22-10-8-17(23(27)15-22)9-11-24(29)30/h2-8,10,14-15H,9,11-13,16H2,1H3,(H,29,30). The van der Waals surface area contributed by atoms with E-state index in [0.717, 1.165) is 23.2 Å². The molecule has 1 amide bonds. The number of benzene rings is 3. The molecule has 1 aliphatic heterocycles. The first-order valence-electron chi connectivity index (χ1n) is 10.7. The summed E-state index contributed by atoms with van der Waals surface area (Å²) in [7, 11) is 1.56. The van der Waals surface area contributed by atoms with E-state index in [1.54, 1.807) is 48.4 Å². The van der Waals surface area contributed by atoms with Gasteiger partial charge in [-0.15, -0.1) is 0 Å². The molecule has 0 bridgehead atoms. The lowest BCUT2D eigenvalue weighted by atomic mass is 10.1. The molecule has 3 aromatic rings. The fourth-order valence-electron chi connectivity index (χ4n) is 3.99. The lowest BCUT2D eigenvalue weighted by Gasteiger charge is -2.21. The number of rotatable bonds is 8. The molecule has 0 saturated heterocycles. The number of carboxylic acid groups (broad SMARTS) is 1. The molecular weight excluding hydrogens is 425 g/mol. The maximum Gasteiger partial charge on any atom is 0.303 e. The predicted molar refractivity (Wildman–Crippen MR) is 122 cm³/mol. The smallest absolute Gasteiger partial charge is 0.303 e. The molecule has 4 rings (SSSR count). The van der Waals surface area contributed by atoms with Crippen LogP contribution in [0.4, 0.5) is 10.1 Å². The molecule has 6 nitrogen and oxygen atoms in total. The number of carbonyl (C=O) groups is 2. The van der Waals surface area contributed by atoms with Crippen molar-refractivity contribution in [1.29, 1.82) is 0 Å². The van der Waals surface area contributed by atoms with Crippen LogP contribution in [0.3, 0.4) is 0 Å². The van der Waals surface area contributed by atoms with Crippen molar-refractivity contribution in [3.05, 3.63) is 88.7 Å². The highest BCUT2D eigenvalue weighted by Crippen LogP contribution is 2.34. The van der Waals surface area contributed by atoms with Crippen molar-refractivity contribution < 1.29 is 28.6 Å². The van der Waals surface area contributed by atoms with Crippen LogP contribution in [-0.2, 0) is 24.2 Å². The molecule has 7 heteroatoms. The highest BCUT2D eigenvalue weighted by Gasteiger charge is 2.28. The monoisotopic (exact) mass is 449 g/mol. The number of hydrogen-bond acceptors (Lipinski definition) is 4. The number of anilines is 1. The number of para-hydroxylation sites is 1. The molecule has 0 radical (unpaired) electrons. The molecule has 0 atom stereocenters. The molecule has 0 unspecified atom stereocenters. The summed E-state index contributed by atoms with van der Waals surface area (Å²) >= 11 is 0. The lowest BCUT2D eigenvalue weighted by Crippen LogP contribution is -2.29. The Labute approximate surface area is 191 Å². The fourth-order valence-corrected chi connectivity index (χ4v) is 3.99. The number of amides is 1. The van der Waals surface area contributed by atoms with E-state index in [1.807, 2.05) is 18.2 Å². The highest BCUT2D eigenvalue weighted by molar-refractivity contribution is 6.08. The van der Waals surface area contributed by atoms with Crippen LogP contribution in [0.1, 0.15) is 33.5 Å². The molecular formula is C26H24FNO5. The van der Waals surface area contributed by atoms with Gasteiger partial charge in [0.1, 0.15) is 23.9 Å². The Balaban J connectivity index is 1.52. The van der Waals surface area contributed by atoms with Gasteiger partial charge in [-0.05, 0) is 48.2 Å². The van der Waals surface area contributed by atoms with Crippen LogP contribution in [-0.4, -0.2) is 30.6 Å². The third kappa shape index (κ3) is 4.98. The molecule has 0 aromatic heterocycles. The molecule has 1 heterocycles. The minimum Gasteiger partial charge on any atom is -0.497 e. The third-order valence-electron chi connectivity index (χ3n) is 5.67. The molecule has 33 heavy (non-hydrogen) atoms. The zero-order valence-electron chi connectivity index (χ0n) is 18.2.